The Morgan fingerprint density at radius 2 is 1.93 bits per heavy atom. The number of aromatic nitrogens is 1. The van der Waals surface area contributed by atoms with Gasteiger partial charge in [-0.25, -0.2) is 4.79 Å². The van der Waals surface area contributed by atoms with Gasteiger partial charge in [0, 0.05) is 11.4 Å². The van der Waals surface area contributed by atoms with Crippen LogP contribution in [0.25, 0.3) is 0 Å². The van der Waals surface area contributed by atoms with Crippen molar-refractivity contribution in [2.75, 3.05) is 11.9 Å². The number of amides is 1. The Morgan fingerprint density at radius 1 is 1.17 bits per heavy atom. The highest BCUT2D eigenvalue weighted by Crippen LogP contribution is 2.27. The van der Waals surface area contributed by atoms with Gasteiger partial charge >= 0.3 is 5.97 Å². The van der Waals surface area contributed by atoms with E-state index in [2.05, 4.69) is 5.32 Å². The van der Waals surface area contributed by atoms with Gasteiger partial charge in [-0.05, 0) is 63.1 Å². The van der Waals surface area contributed by atoms with Crippen molar-refractivity contribution in [1.82, 2.24) is 4.57 Å². The number of ether oxygens (including phenoxy) is 1. The monoisotopic (exact) mass is 414 g/mol. The van der Waals surface area contributed by atoms with Crippen LogP contribution < -0.4 is 5.32 Å². The molecule has 0 bridgehead atoms. The van der Waals surface area contributed by atoms with Crippen molar-refractivity contribution in [3.05, 3.63) is 75.5 Å². The van der Waals surface area contributed by atoms with Crippen LogP contribution in [0.2, 0.25) is 5.02 Å². The number of halogens is 1. The zero-order valence-electron chi connectivity index (χ0n) is 16.8. The summed E-state index contributed by atoms with van der Waals surface area (Å²) in [5.74, 6) is -0.210. The molecule has 6 nitrogen and oxygen atoms in total. The van der Waals surface area contributed by atoms with Gasteiger partial charge in [-0.1, -0.05) is 17.7 Å². The molecule has 0 fully saturated rings. The van der Waals surface area contributed by atoms with Gasteiger partial charge in [0.25, 0.3) is 5.91 Å². The predicted octanol–water partition coefficient (Wildman–Crippen LogP) is 4.81. The highest BCUT2D eigenvalue weighted by Gasteiger charge is 2.19. The summed E-state index contributed by atoms with van der Waals surface area (Å²) in [6.07, 6.45) is 1.61. The molecule has 3 aromatic rings. The van der Waals surface area contributed by atoms with E-state index in [-0.39, 0.29) is 0 Å². The highest BCUT2D eigenvalue weighted by atomic mass is 35.5. The van der Waals surface area contributed by atoms with Crippen molar-refractivity contribution in [2.45, 2.75) is 34.2 Å². The standard InChI is InChI=1S/C22H23ClN2O4/c1-13-8-14(2)21(19(23)9-13)24-20(26)12-29-22(27)18-10-15(3)25(16(18)4)11-17-6-5-7-28-17/h5-10H,11-12H2,1-4H3,(H,24,26). The van der Waals surface area contributed by atoms with Crippen molar-refractivity contribution in [1.29, 1.82) is 0 Å². The molecule has 1 amide bonds. The van der Waals surface area contributed by atoms with E-state index in [1.165, 1.54) is 0 Å². The number of esters is 1. The Hall–Kier alpha value is -2.99. The molecule has 0 radical (unpaired) electrons. The summed E-state index contributed by atoms with van der Waals surface area (Å²) >= 11 is 6.20. The van der Waals surface area contributed by atoms with Crippen LogP contribution in [0.1, 0.15) is 38.6 Å². The molecule has 0 atom stereocenters. The Morgan fingerprint density at radius 3 is 2.59 bits per heavy atom. The first-order valence-corrected chi connectivity index (χ1v) is 9.57. The van der Waals surface area contributed by atoms with E-state index in [0.29, 0.717) is 22.8 Å². The molecule has 1 N–H and O–H groups in total. The fourth-order valence-electron chi connectivity index (χ4n) is 3.27. The zero-order chi connectivity index (χ0) is 21.1. The van der Waals surface area contributed by atoms with Gasteiger partial charge in [0.05, 0.1) is 29.1 Å². The summed E-state index contributed by atoms with van der Waals surface area (Å²) in [4.78, 5) is 24.7. The highest BCUT2D eigenvalue weighted by molar-refractivity contribution is 6.34. The van der Waals surface area contributed by atoms with E-state index in [1.807, 2.05) is 50.5 Å². The summed E-state index contributed by atoms with van der Waals surface area (Å²) in [5.41, 5.74) is 4.44. The van der Waals surface area contributed by atoms with Crippen molar-refractivity contribution >= 4 is 29.2 Å². The molecule has 0 spiro atoms. The second kappa shape index (κ2) is 8.57. The first-order valence-electron chi connectivity index (χ1n) is 9.19. The number of carbonyl (C=O) groups excluding carboxylic acids is 2. The lowest BCUT2D eigenvalue weighted by Gasteiger charge is -2.12. The third kappa shape index (κ3) is 4.71. The van der Waals surface area contributed by atoms with Gasteiger partial charge in [-0.2, -0.15) is 0 Å². The van der Waals surface area contributed by atoms with Crippen molar-refractivity contribution in [3.63, 3.8) is 0 Å². The lowest BCUT2D eigenvalue weighted by Crippen LogP contribution is -2.22. The minimum atomic E-state index is -0.550. The van der Waals surface area contributed by atoms with Crippen LogP contribution in [0.4, 0.5) is 5.69 Å². The molecule has 2 aromatic heterocycles. The molecule has 29 heavy (non-hydrogen) atoms. The van der Waals surface area contributed by atoms with Crippen molar-refractivity contribution < 1.29 is 18.7 Å². The van der Waals surface area contributed by atoms with Gasteiger partial charge < -0.3 is 19.0 Å². The van der Waals surface area contributed by atoms with Crippen LogP contribution in [0, 0.1) is 27.7 Å². The maximum Gasteiger partial charge on any atom is 0.340 e. The number of nitrogens with one attached hydrogen (secondary N) is 1. The van der Waals surface area contributed by atoms with Gasteiger partial charge in [0.2, 0.25) is 0 Å². The molecule has 0 aliphatic heterocycles. The summed E-state index contributed by atoms with van der Waals surface area (Å²) in [5, 5.41) is 3.16. The second-order valence-electron chi connectivity index (χ2n) is 7.01. The Kier molecular flexibility index (Phi) is 6.13. The lowest BCUT2D eigenvalue weighted by atomic mass is 10.1. The molecule has 152 valence electrons. The largest absolute Gasteiger partial charge is 0.467 e. The van der Waals surface area contributed by atoms with Crippen LogP contribution in [0.15, 0.2) is 41.0 Å². The van der Waals surface area contributed by atoms with E-state index in [0.717, 1.165) is 28.3 Å². The fourth-order valence-corrected chi connectivity index (χ4v) is 3.64. The van der Waals surface area contributed by atoms with E-state index < -0.39 is 18.5 Å². The normalized spacial score (nSPS) is 10.8. The number of hydrogen-bond donors (Lipinski definition) is 1. The second-order valence-corrected chi connectivity index (χ2v) is 7.42. The zero-order valence-corrected chi connectivity index (χ0v) is 17.6. The summed E-state index contributed by atoms with van der Waals surface area (Å²) in [6.45, 7) is 7.64. The molecule has 3 rings (SSSR count). The lowest BCUT2D eigenvalue weighted by molar-refractivity contribution is -0.119. The number of furan rings is 1. The molecule has 0 unspecified atom stereocenters. The molecule has 1 aromatic carbocycles. The predicted molar refractivity (Wildman–Crippen MR) is 112 cm³/mol. The Balaban J connectivity index is 1.64. The van der Waals surface area contributed by atoms with Gasteiger partial charge in [-0.15, -0.1) is 0 Å². The fraction of sp³-hybridized carbons (Fsp3) is 0.273. The topological polar surface area (TPSA) is 73.5 Å². The number of rotatable bonds is 6. The molecule has 0 saturated heterocycles. The number of nitrogens with zero attached hydrogens (tertiary/aromatic N) is 1. The summed E-state index contributed by atoms with van der Waals surface area (Å²) in [6, 6.07) is 9.13. The van der Waals surface area contributed by atoms with E-state index in [9.17, 15) is 9.59 Å². The van der Waals surface area contributed by atoms with Crippen LogP contribution in [-0.2, 0) is 16.1 Å². The number of hydrogen-bond acceptors (Lipinski definition) is 4. The summed E-state index contributed by atoms with van der Waals surface area (Å²) < 4.78 is 12.6. The number of carbonyl (C=O) groups is 2. The van der Waals surface area contributed by atoms with E-state index in [1.54, 1.807) is 18.4 Å². The molecular formula is C22H23ClN2O4. The maximum atomic E-state index is 12.5. The number of anilines is 1. The molecule has 7 heteroatoms. The molecular weight excluding hydrogens is 392 g/mol. The minimum absolute atomic E-state index is 0.398. The Bertz CT molecular complexity index is 1030. The third-order valence-corrected chi connectivity index (χ3v) is 5.02. The number of aryl methyl sites for hydroxylation is 3. The van der Waals surface area contributed by atoms with Crippen LogP contribution >= 0.6 is 11.6 Å². The first-order chi connectivity index (χ1) is 13.8. The average Bonchev–Trinajstić information content (AvgIpc) is 3.26. The average molecular weight is 415 g/mol. The van der Waals surface area contributed by atoms with Gasteiger partial charge in [0.15, 0.2) is 6.61 Å². The van der Waals surface area contributed by atoms with Crippen LogP contribution in [-0.4, -0.2) is 23.1 Å². The summed E-state index contributed by atoms with van der Waals surface area (Å²) in [7, 11) is 0. The molecule has 2 heterocycles. The minimum Gasteiger partial charge on any atom is -0.467 e. The van der Waals surface area contributed by atoms with E-state index in [4.69, 9.17) is 20.8 Å². The quantitative estimate of drug-likeness (QED) is 0.587. The van der Waals surface area contributed by atoms with E-state index >= 15 is 0 Å². The SMILES string of the molecule is Cc1cc(C)c(NC(=O)COC(=O)c2cc(C)n(Cc3ccco3)c2C)c(Cl)c1. The van der Waals surface area contributed by atoms with Crippen LogP contribution in [0.3, 0.4) is 0 Å². The maximum absolute atomic E-state index is 12.5. The molecule has 0 aliphatic rings. The van der Waals surface area contributed by atoms with Crippen molar-refractivity contribution in [3.8, 4) is 0 Å². The Labute approximate surface area is 174 Å². The van der Waals surface area contributed by atoms with Crippen molar-refractivity contribution in [2.24, 2.45) is 0 Å². The molecule has 0 saturated carbocycles. The van der Waals surface area contributed by atoms with Gasteiger partial charge in [-0.3, -0.25) is 4.79 Å². The third-order valence-electron chi connectivity index (χ3n) is 4.72. The molecule has 0 aliphatic carbocycles. The van der Waals surface area contributed by atoms with Crippen LogP contribution in [0.5, 0.6) is 0 Å². The first kappa shape index (κ1) is 20.7. The number of benzene rings is 1. The smallest absolute Gasteiger partial charge is 0.340 e. The van der Waals surface area contributed by atoms with Gasteiger partial charge in [0.1, 0.15) is 5.76 Å².